The molecule has 0 aliphatic carbocycles. The fourth-order valence-electron chi connectivity index (χ4n) is 9.25. The van der Waals surface area contributed by atoms with E-state index in [-0.39, 0.29) is 0 Å². The molecule has 0 fully saturated rings. The average Bonchev–Trinajstić information content (AvgIpc) is 4.00. The van der Waals surface area contributed by atoms with Crippen LogP contribution in [0.3, 0.4) is 0 Å². The van der Waals surface area contributed by atoms with Gasteiger partial charge in [0.25, 0.3) is 0 Å². The number of fused-ring (bicyclic) bond motifs is 10. The molecule has 0 saturated carbocycles. The van der Waals surface area contributed by atoms with Gasteiger partial charge in [-0.3, -0.25) is 0 Å². The number of nitrogens with zero attached hydrogens (tertiary/aromatic N) is 4. The first-order valence-electron chi connectivity index (χ1n) is 20.4. The number of furan rings is 2. The fraction of sp³-hybridized carbons (Fsp3) is 0. The van der Waals surface area contributed by atoms with Crippen molar-refractivity contribution in [1.29, 1.82) is 0 Å². The number of benzene rings is 9. The highest BCUT2D eigenvalue weighted by molar-refractivity contribution is 6.18. The Balaban J connectivity index is 1.16. The molecule has 0 aliphatic rings. The van der Waals surface area contributed by atoms with Gasteiger partial charge < -0.3 is 13.4 Å². The number of hydrogen-bond donors (Lipinski definition) is 0. The molecule has 0 atom stereocenters. The Bertz CT molecular complexity index is 3900. The normalized spacial score (nSPS) is 11.9. The molecule has 0 bridgehead atoms. The summed E-state index contributed by atoms with van der Waals surface area (Å²) >= 11 is 0. The molecule has 13 aromatic rings. The summed E-state index contributed by atoms with van der Waals surface area (Å²) in [4.78, 5) is 16.1. The minimum absolute atomic E-state index is 0.520. The Morgan fingerprint density at radius 1 is 0.344 bits per heavy atom. The van der Waals surface area contributed by atoms with Crippen molar-refractivity contribution in [3.63, 3.8) is 0 Å². The molecule has 13 rings (SSSR count). The predicted octanol–water partition coefficient (Wildman–Crippen LogP) is 14.6. The highest BCUT2D eigenvalue weighted by Crippen LogP contribution is 2.44. The van der Waals surface area contributed by atoms with Crippen LogP contribution in [0.2, 0.25) is 0 Å². The van der Waals surface area contributed by atoms with Crippen molar-refractivity contribution >= 4 is 76.5 Å². The van der Waals surface area contributed by atoms with Crippen LogP contribution in [-0.4, -0.2) is 19.5 Å². The smallest absolute Gasteiger partial charge is 0.167 e. The maximum Gasteiger partial charge on any atom is 0.167 e. The third-order valence-corrected chi connectivity index (χ3v) is 12.0. The first-order valence-corrected chi connectivity index (χ1v) is 20.4. The van der Waals surface area contributed by atoms with Crippen molar-refractivity contribution in [2.45, 2.75) is 0 Å². The molecule has 0 saturated heterocycles. The molecule has 4 heterocycles. The zero-order valence-electron chi connectivity index (χ0n) is 32.6. The molecule has 9 aromatic carbocycles. The first-order chi connectivity index (χ1) is 30.2. The number of rotatable bonds is 5. The lowest BCUT2D eigenvalue weighted by molar-refractivity contribution is 0.669. The summed E-state index contributed by atoms with van der Waals surface area (Å²) in [5.41, 5.74) is 10.9. The molecule has 0 spiro atoms. The van der Waals surface area contributed by atoms with Crippen molar-refractivity contribution in [2.75, 3.05) is 0 Å². The second-order valence-corrected chi connectivity index (χ2v) is 15.5. The van der Waals surface area contributed by atoms with E-state index in [0.717, 1.165) is 105 Å². The zero-order chi connectivity index (χ0) is 40.0. The standard InChI is InChI=1S/C55H32N4O2/c1-2-14-33(15-3-1)34-18-12-19-37(30-34)53-56-54(58-55(57-53)43-24-13-23-40-39-21-7-10-26-47(39)61-52(40)43)42-28-29-49-50(41-22-8-11-27-48(41)60-49)51(42)59-45-25-9-6-20-38(45)44-31-35-16-4-5-17-36(35)32-46(44)59/h1-32H. The van der Waals surface area contributed by atoms with Crippen LogP contribution in [0.15, 0.2) is 203 Å². The van der Waals surface area contributed by atoms with Gasteiger partial charge in [-0.1, -0.05) is 140 Å². The van der Waals surface area contributed by atoms with Crippen LogP contribution >= 0.6 is 0 Å². The summed E-state index contributed by atoms with van der Waals surface area (Å²) in [6.45, 7) is 0. The summed E-state index contributed by atoms with van der Waals surface area (Å²) in [6.07, 6.45) is 0. The van der Waals surface area contributed by atoms with E-state index in [1.165, 1.54) is 5.39 Å². The molecule has 0 amide bonds. The molecular formula is C55H32N4O2. The van der Waals surface area contributed by atoms with Crippen molar-refractivity contribution in [1.82, 2.24) is 19.5 Å². The third-order valence-electron chi connectivity index (χ3n) is 12.0. The molecule has 4 aromatic heterocycles. The Labute approximate surface area is 348 Å². The maximum atomic E-state index is 6.62. The zero-order valence-corrected chi connectivity index (χ0v) is 32.6. The largest absolute Gasteiger partial charge is 0.456 e. The number of hydrogen-bond acceptors (Lipinski definition) is 5. The monoisotopic (exact) mass is 780 g/mol. The van der Waals surface area contributed by atoms with Gasteiger partial charge in [-0.05, 0) is 76.5 Å². The Kier molecular flexibility index (Phi) is 7.21. The number of aromatic nitrogens is 4. The first kappa shape index (κ1) is 33.6. The lowest BCUT2D eigenvalue weighted by Crippen LogP contribution is -2.04. The van der Waals surface area contributed by atoms with Crippen LogP contribution in [0.5, 0.6) is 0 Å². The Morgan fingerprint density at radius 2 is 0.967 bits per heavy atom. The van der Waals surface area contributed by atoms with Crippen LogP contribution in [-0.2, 0) is 0 Å². The van der Waals surface area contributed by atoms with Gasteiger partial charge in [0.15, 0.2) is 17.5 Å². The molecule has 0 unspecified atom stereocenters. The van der Waals surface area contributed by atoms with Gasteiger partial charge in [0.1, 0.15) is 22.3 Å². The topological polar surface area (TPSA) is 69.9 Å². The minimum atomic E-state index is 0.520. The number of para-hydroxylation sites is 4. The lowest BCUT2D eigenvalue weighted by Gasteiger charge is -2.16. The summed E-state index contributed by atoms with van der Waals surface area (Å²) in [7, 11) is 0. The minimum Gasteiger partial charge on any atom is -0.456 e. The van der Waals surface area contributed by atoms with Gasteiger partial charge in [-0.15, -0.1) is 0 Å². The second-order valence-electron chi connectivity index (χ2n) is 15.5. The van der Waals surface area contributed by atoms with E-state index < -0.39 is 0 Å². The molecule has 284 valence electrons. The second kappa shape index (κ2) is 13.1. The van der Waals surface area contributed by atoms with E-state index in [1.54, 1.807) is 0 Å². The molecule has 0 aliphatic heterocycles. The van der Waals surface area contributed by atoms with Crippen LogP contribution < -0.4 is 0 Å². The molecule has 0 N–H and O–H groups in total. The summed E-state index contributed by atoms with van der Waals surface area (Å²) in [5.74, 6) is 1.61. The average molecular weight is 781 g/mol. The van der Waals surface area contributed by atoms with Crippen LogP contribution in [0, 0.1) is 0 Å². The third kappa shape index (κ3) is 5.19. The highest BCUT2D eigenvalue weighted by Gasteiger charge is 2.25. The van der Waals surface area contributed by atoms with Crippen molar-refractivity contribution in [2.24, 2.45) is 0 Å². The van der Waals surface area contributed by atoms with Crippen molar-refractivity contribution in [3.05, 3.63) is 194 Å². The SMILES string of the molecule is c1ccc(-c2cccc(-c3nc(-c4ccc5oc6ccccc6c5c4-n4c5ccccc5c5cc6ccccc6cc54)nc(-c4cccc5c4oc4ccccc45)n3)c2)cc1. The van der Waals surface area contributed by atoms with Crippen LogP contribution in [0.1, 0.15) is 0 Å². The van der Waals surface area contributed by atoms with Crippen molar-refractivity contribution < 1.29 is 8.83 Å². The van der Waals surface area contributed by atoms with E-state index >= 15 is 0 Å². The summed E-state index contributed by atoms with van der Waals surface area (Å²) < 4.78 is 15.6. The van der Waals surface area contributed by atoms with Gasteiger partial charge in [-0.25, -0.2) is 15.0 Å². The molecule has 0 radical (unpaired) electrons. The molecule has 6 heteroatoms. The van der Waals surface area contributed by atoms with Crippen LogP contribution in [0.25, 0.3) is 127 Å². The quantitative estimate of drug-likeness (QED) is 0.174. The summed E-state index contributed by atoms with van der Waals surface area (Å²) in [6, 6.07) is 67.4. The van der Waals surface area contributed by atoms with Gasteiger partial charge in [0.05, 0.1) is 27.7 Å². The lowest BCUT2D eigenvalue weighted by atomic mass is 10.0. The molecular weight excluding hydrogens is 749 g/mol. The van der Waals surface area contributed by atoms with E-state index in [0.29, 0.717) is 17.5 Å². The maximum absolute atomic E-state index is 6.62. The van der Waals surface area contributed by atoms with Crippen molar-refractivity contribution in [3.8, 4) is 51.0 Å². The van der Waals surface area contributed by atoms with Gasteiger partial charge in [0.2, 0.25) is 0 Å². The van der Waals surface area contributed by atoms with E-state index in [1.807, 2.05) is 42.5 Å². The van der Waals surface area contributed by atoms with E-state index in [4.69, 9.17) is 23.8 Å². The van der Waals surface area contributed by atoms with E-state index in [9.17, 15) is 0 Å². The summed E-state index contributed by atoms with van der Waals surface area (Å²) in [5, 5.41) is 8.72. The van der Waals surface area contributed by atoms with Gasteiger partial charge in [-0.2, -0.15) is 0 Å². The molecule has 6 nitrogen and oxygen atoms in total. The van der Waals surface area contributed by atoms with E-state index in [2.05, 4.69) is 156 Å². The van der Waals surface area contributed by atoms with Gasteiger partial charge >= 0.3 is 0 Å². The van der Waals surface area contributed by atoms with Crippen LogP contribution in [0.4, 0.5) is 0 Å². The highest BCUT2D eigenvalue weighted by atomic mass is 16.3. The van der Waals surface area contributed by atoms with Gasteiger partial charge in [0, 0.05) is 38.1 Å². The predicted molar refractivity (Wildman–Crippen MR) is 248 cm³/mol. The Hall–Kier alpha value is -8.35. The molecule has 61 heavy (non-hydrogen) atoms. The Morgan fingerprint density at radius 3 is 1.82 bits per heavy atom. The fourth-order valence-corrected chi connectivity index (χ4v) is 9.25.